The van der Waals surface area contributed by atoms with Crippen LogP contribution in [0.25, 0.3) is 0 Å². The van der Waals surface area contributed by atoms with E-state index in [1.165, 1.54) is 0 Å². The minimum absolute atomic E-state index is 0.0967. The quantitative estimate of drug-likeness (QED) is 0.481. The number of aliphatic imine (C=N–C) groups is 2. The summed E-state index contributed by atoms with van der Waals surface area (Å²) in [5.74, 6) is -0.635. The van der Waals surface area contributed by atoms with Crippen LogP contribution in [0, 0.1) is 0 Å². The van der Waals surface area contributed by atoms with Crippen LogP contribution in [-0.2, 0) is 9.53 Å². The molecule has 2 aliphatic rings. The van der Waals surface area contributed by atoms with Crippen molar-refractivity contribution in [3.05, 3.63) is 0 Å². The van der Waals surface area contributed by atoms with E-state index >= 15 is 0 Å². The summed E-state index contributed by atoms with van der Waals surface area (Å²) in [7, 11) is 0. The first-order chi connectivity index (χ1) is 7.11. The van der Waals surface area contributed by atoms with Crippen molar-refractivity contribution in [3.63, 3.8) is 0 Å². The Kier molecular flexibility index (Phi) is 2.51. The second-order valence-electron chi connectivity index (χ2n) is 3.42. The predicted octanol–water partition coefficient (Wildman–Crippen LogP) is -2.21. The fraction of sp³-hybridized carbons (Fsp3) is 0.625. The van der Waals surface area contributed by atoms with Gasteiger partial charge in [0.1, 0.15) is 17.9 Å². The number of aliphatic hydroxyl groups is 2. The topological polar surface area (TPSA) is 118 Å². The van der Waals surface area contributed by atoms with Crippen molar-refractivity contribution in [3.8, 4) is 0 Å². The number of hydrogen-bond acceptors (Lipinski definition) is 6. The molecule has 0 unspecified atom stereocenters. The Bertz CT molecular complexity index is 352. The minimum atomic E-state index is -0.794. The molecular weight excluding hydrogens is 202 g/mol. The lowest BCUT2D eigenvalue weighted by Crippen LogP contribution is -2.27. The van der Waals surface area contributed by atoms with Gasteiger partial charge in [-0.25, -0.2) is 4.99 Å². The Morgan fingerprint density at radius 2 is 2.27 bits per heavy atom. The van der Waals surface area contributed by atoms with Gasteiger partial charge >= 0.3 is 0 Å². The molecule has 1 fully saturated rings. The highest BCUT2D eigenvalue weighted by Gasteiger charge is 2.39. The van der Waals surface area contributed by atoms with Gasteiger partial charge in [0, 0.05) is 6.42 Å². The van der Waals surface area contributed by atoms with E-state index in [2.05, 4.69) is 9.98 Å². The van der Waals surface area contributed by atoms with Crippen molar-refractivity contribution >= 4 is 17.6 Å². The van der Waals surface area contributed by atoms with Crippen LogP contribution in [0.5, 0.6) is 0 Å². The number of nitrogens with zero attached hydrogens (tertiary/aromatic N) is 2. The first-order valence-electron chi connectivity index (χ1n) is 4.53. The molecule has 4 N–H and O–H groups in total. The summed E-state index contributed by atoms with van der Waals surface area (Å²) in [6.07, 6.45) is -1.88. The Morgan fingerprint density at radius 1 is 1.53 bits per heavy atom. The maximum absolute atomic E-state index is 11.3. The van der Waals surface area contributed by atoms with Crippen LogP contribution in [0.3, 0.4) is 0 Å². The lowest BCUT2D eigenvalue weighted by atomic mass is 10.1. The van der Waals surface area contributed by atoms with Crippen molar-refractivity contribution in [2.24, 2.45) is 15.7 Å². The summed E-state index contributed by atoms with van der Waals surface area (Å²) in [4.78, 5) is 18.4. The summed E-state index contributed by atoms with van der Waals surface area (Å²) in [5, 5.41) is 18.3. The zero-order valence-electron chi connectivity index (χ0n) is 7.83. The third-order valence-electron chi connectivity index (χ3n) is 2.38. The molecule has 2 heterocycles. The average molecular weight is 213 g/mol. The summed E-state index contributed by atoms with van der Waals surface area (Å²) < 4.78 is 5.24. The van der Waals surface area contributed by atoms with Crippen LogP contribution in [0.2, 0.25) is 0 Å². The number of nitrogens with two attached hydrogens (primary N) is 1. The fourth-order valence-electron chi connectivity index (χ4n) is 1.64. The van der Waals surface area contributed by atoms with E-state index in [-0.39, 0.29) is 24.7 Å². The third kappa shape index (κ3) is 1.76. The zero-order valence-corrected chi connectivity index (χ0v) is 7.83. The lowest BCUT2D eigenvalue weighted by molar-refractivity contribution is -0.112. The van der Waals surface area contributed by atoms with Crippen LogP contribution >= 0.6 is 0 Å². The Balaban J connectivity index is 2.09. The summed E-state index contributed by atoms with van der Waals surface area (Å²) in [6.45, 7) is -0.296. The molecule has 3 atom stereocenters. The monoisotopic (exact) mass is 213 g/mol. The molecule has 1 saturated heterocycles. The number of hydrogen-bond donors (Lipinski definition) is 3. The van der Waals surface area contributed by atoms with Gasteiger partial charge in [-0.3, -0.25) is 4.79 Å². The number of amides is 1. The first-order valence-corrected chi connectivity index (χ1v) is 4.53. The molecule has 7 heteroatoms. The van der Waals surface area contributed by atoms with E-state index in [1.807, 2.05) is 0 Å². The van der Waals surface area contributed by atoms with Crippen molar-refractivity contribution in [1.29, 1.82) is 0 Å². The molecular formula is C8H11N3O4. The normalized spacial score (nSPS) is 35.6. The van der Waals surface area contributed by atoms with Crippen LogP contribution in [-0.4, -0.2) is 52.7 Å². The van der Waals surface area contributed by atoms with Crippen molar-refractivity contribution < 1.29 is 19.7 Å². The molecule has 1 amide bonds. The number of carbonyl (C=O) groups is 1. The maximum atomic E-state index is 11.3. The van der Waals surface area contributed by atoms with E-state index in [0.29, 0.717) is 0 Å². The first kappa shape index (κ1) is 10.2. The number of carbonyl (C=O) groups excluding carboxylic acids is 1. The molecule has 7 nitrogen and oxygen atoms in total. The zero-order chi connectivity index (χ0) is 11.0. The molecule has 2 rings (SSSR count). The van der Waals surface area contributed by atoms with Gasteiger partial charge in [-0.15, -0.1) is 0 Å². The van der Waals surface area contributed by atoms with Gasteiger partial charge in [-0.1, -0.05) is 0 Å². The largest absolute Gasteiger partial charge is 0.394 e. The van der Waals surface area contributed by atoms with Crippen LogP contribution in [0.15, 0.2) is 9.98 Å². The van der Waals surface area contributed by atoms with Gasteiger partial charge in [0.25, 0.3) is 5.91 Å². The smallest absolute Gasteiger partial charge is 0.297 e. The molecule has 0 aromatic carbocycles. The molecule has 15 heavy (non-hydrogen) atoms. The Hall–Kier alpha value is -1.31. The average Bonchev–Trinajstić information content (AvgIpc) is 2.69. The molecule has 0 bridgehead atoms. The lowest BCUT2D eigenvalue weighted by Gasteiger charge is -2.10. The van der Waals surface area contributed by atoms with Gasteiger partial charge in [0.05, 0.1) is 12.7 Å². The van der Waals surface area contributed by atoms with Gasteiger partial charge in [0.15, 0.2) is 0 Å². The van der Waals surface area contributed by atoms with E-state index in [4.69, 9.17) is 15.6 Å². The van der Waals surface area contributed by atoms with E-state index in [9.17, 15) is 9.90 Å². The highest BCUT2D eigenvalue weighted by molar-refractivity contribution is 6.46. The third-order valence-corrected chi connectivity index (χ3v) is 2.38. The van der Waals surface area contributed by atoms with Crippen molar-refractivity contribution in [2.75, 3.05) is 6.61 Å². The van der Waals surface area contributed by atoms with Gasteiger partial charge in [-0.05, 0) is 0 Å². The molecule has 2 aliphatic heterocycles. The number of ether oxygens (including phenoxy) is 1. The summed E-state index contributed by atoms with van der Waals surface area (Å²) in [6, 6.07) is 0. The van der Waals surface area contributed by atoms with Crippen molar-refractivity contribution in [1.82, 2.24) is 0 Å². The number of rotatable bonds is 2. The second kappa shape index (κ2) is 3.69. The summed E-state index contributed by atoms with van der Waals surface area (Å²) >= 11 is 0. The maximum Gasteiger partial charge on any atom is 0.297 e. The van der Waals surface area contributed by atoms with Crippen LogP contribution < -0.4 is 5.73 Å². The van der Waals surface area contributed by atoms with E-state index < -0.39 is 24.2 Å². The highest BCUT2D eigenvalue weighted by atomic mass is 16.5. The number of guanidine groups is 1. The van der Waals surface area contributed by atoms with Gasteiger partial charge < -0.3 is 20.7 Å². The van der Waals surface area contributed by atoms with Crippen LogP contribution in [0.4, 0.5) is 0 Å². The molecule has 0 aromatic rings. The van der Waals surface area contributed by atoms with Gasteiger partial charge in [0.2, 0.25) is 5.96 Å². The minimum Gasteiger partial charge on any atom is -0.394 e. The number of aliphatic hydroxyl groups excluding tert-OH is 2. The van der Waals surface area contributed by atoms with E-state index in [0.717, 1.165) is 0 Å². The van der Waals surface area contributed by atoms with E-state index in [1.54, 1.807) is 0 Å². The predicted molar refractivity (Wildman–Crippen MR) is 50.4 cm³/mol. The van der Waals surface area contributed by atoms with Crippen molar-refractivity contribution in [2.45, 2.75) is 24.7 Å². The summed E-state index contributed by atoms with van der Waals surface area (Å²) in [5.41, 5.74) is 5.36. The highest BCUT2D eigenvalue weighted by Crippen LogP contribution is 2.22. The standard InChI is InChI=1S/C8H11N3O4/c9-8-10-6(7(14)11-8)4-1-3(13)5(2-12)15-4/h3-5,12-13H,1-2H2,(H2,9,11,14)/t3-,4+,5+/m0/s1. The Labute approximate surface area is 85.3 Å². The van der Waals surface area contributed by atoms with Gasteiger partial charge in [-0.2, -0.15) is 4.99 Å². The molecule has 0 radical (unpaired) electrons. The molecule has 0 aromatic heterocycles. The molecule has 0 aliphatic carbocycles. The van der Waals surface area contributed by atoms with Crippen LogP contribution in [0.1, 0.15) is 6.42 Å². The second-order valence-corrected chi connectivity index (χ2v) is 3.42. The molecule has 82 valence electrons. The molecule has 0 saturated carbocycles. The fourth-order valence-corrected chi connectivity index (χ4v) is 1.64. The Morgan fingerprint density at radius 3 is 2.73 bits per heavy atom. The SMILES string of the molecule is NC1=NC(=O)C([C@H]2C[C@H](O)[C@@H](CO)O2)=N1. The molecule has 0 spiro atoms.